The summed E-state index contributed by atoms with van der Waals surface area (Å²) in [4.78, 5) is 1.41. The highest BCUT2D eigenvalue weighted by Crippen LogP contribution is 2.40. The second-order valence-electron chi connectivity index (χ2n) is 7.00. The maximum atomic E-state index is 13.5. The molecule has 0 amide bonds. The average Bonchev–Trinajstić information content (AvgIpc) is 2.75. The first-order valence-electron chi connectivity index (χ1n) is 9.52. The molecular formula is C24H22F2N2O2S2. The van der Waals surface area contributed by atoms with Crippen LogP contribution in [0.5, 0.6) is 0 Å². The van der Waals surface area contributed by atoms with E-state index < -0.39 is 15.9 Å². The van der Waals surface area contributed by atoms with Crippen LogP contribution in [0.1, 0.15) is 23.6 Å². The van der Waals surface area contributed by atoms with Crippen LogP contribution in [0.2, 0.25) is 0 Å². The van der Waals surface area contributed by atoms with Crippen molar-refractivity contribution in [3.05, 3.63) is 90.5 Å². The summed E-state index contributed by atoms with van der Waals surface area (Å²) in [6.07, 6.45) is 3.03. The van der Waals surface area contributed by atoms with E-state index in [0.29, 0.717) is 21.7 Å². The van der Waals surface area contributed by atoms with Crippen LogP contribution in [0.25, 0.3) is 12.2 Å². The Balaban J connectivity index is 2.05. The fraction of sp³-hybridized carbons (Fsp3) is 0.0833. The Labute approximate surface area is 190 Å². The van der Waals surface area contributed by atoms with Crippen LogP contribution in [0.15, 0.2) is 88.5 Å². The van der Waals surface area contributed by atoms with Crippen LogP contribution in [-0.4, -0.2) is 8.42 Å². The summed E-state index contributed by atoms with van der Waals surface area (Å²) in [5.41, 5.74) is 7.77. The van der Waals surface area contributed by atoms with Crippen molar-refractivity contribution in [2.45, 2.75) is 27.5 Å². The van der Waals surface area contributed by atoms with Gasteiger partial charge in [0.05, 0.1) is 16.3 Å². The number of hydrogen-bond donors (Lipinski definition) is 2. The minimum absolute atomic E-state index is 0.144. The number of nitrogen functional groups attached to an aromatic ring is 1. The van der Waals surface area contributed by atoms with Gasteiger partial charge in [0.15, 0.2) is 0 Å². The lowest BCUT2D eigenvalue weighted by Crippen LogP contribution is -2.15. The summed E-state index contributed by atoms with van der Waals surface area (Å²) in [6.45, 7) is 8.31. The van der Waals surface area contributed by atoms with Gasteiger partial charge in [-0.05, 0) is 30.3 Å². The largest absolute Gasteiger partial charge is 0.397 e. The maximum absolute atomic E-state index is 13.5. The molecule has 0 aliphatic heterocycles. The highest BCUT2D eigenvalue weighted by molar-refractivity contribution is 7.99. The molecule has 0 heterocycles. The molecule has 3 aromatic rings. The molecule has 0 saturated carbocycles. The zero-order valence-corrected chi connectivity index (χ0v) is 18.9. The second kappa shape index (κ2) is 9.18. The summed E-state index contributed by atoms with van der Waals surface area (Å²) < 4.78 is 55.5. The molecular weight excluding hydrogens is 450 g/mol. The quantitative estimate of drug-likeness (QED) is 0.362. The van der Waals surface area contributed by atoms with Crippen LogP contribution in [-0.2, 0) is 15.9 Å². The topological polar surface area (TPSA) is 72.2 Å². The molecule has 3 rings (SSSR count). The molecule has 0 saturated heterocycles. The van der Waals surface area contributed by atoms with Gasteiger partial charge in [-0.2, -0.15) is 0 Å². The van der Waals surface area contributed by atoms with Crippen LogP contribution in [0, 0.1) is 0 Å². The lowest BCUT2D eigenvalue weighted by Gasteiger charge is -2.18. The molecule has 3 N–H and O–H groups in total. The lowest BCUT2D eigenvalue weighted by atomic mass is 10.0. The smallest absolute Gasteiger partial charge is 0.270 e. The van der Waals surface area contributed by atoms with Crippen LogP contribution >= 0.6 is 11.8 Å². The van der Waals surface area contributed by atoms with E-state index in [0.717, 1.165) is 36.1 Å². The average molecular weight is 473 g/mol. The van der Waals surface area contributed by atoms with Gasteiger partial charge < -0.3 is 5.73 Å². The molecule has 4 nitrogen and oxygen atoms in total. The molecule has 0 fully saturated rings. The van der Waals surface area contributed by atoms with Crippen molar-refractivity contribution < 1.29 is 17.2 Å². The molecule has 0 atom stereocenters. The Bertz CT molecular complexity index is 1250. The number of anilines is 2. The number of hydrogen-bond acceptors (Lipinski definition) is 4. The van der Waals surface area contributed by atoms with Crippen molar-refractivity contribution in [3.8, 4) is 0 Å². The zero-order chi connectivity index (χ0) is 23.5. The third-order valence-corrected chi connectivity index (χ3v) is 7.15. The molecule has 0 spiro atoms. The van der Waals surface area contributed by atoms with Gasteiger partial charge in [-0.3, -0.25) is 4.72 Å². The van der Waals surface area contributed by atoms with Crippen LogP contribution in [0.4, 0.5) is 20.2 Å². The summed E-state index contributed by atoms with van der Waals surface area (Å²) in [5, 5.41) is 0. The van der Waals surface area contributed by atoms with Crippen LogP contribution in [0.3, 0.4) is 0 Å². The Morgan fingerprint density at radius 2 is 1.59 bits per heavy atom. The summed E-state index contributed by atoms with van der Waals surface area (Å²) in [5.74, 6) is -3.06. The maximum Gasteiger partial charge on any atom is 0.270 e. The Morgan fingerprint density at radius 1 is 1.00 bits per heavy atom. The van der Waals surface area contributed by atoms with E-state index in [4.69, 9.17) is 5.73 Å². The van der Waals surface area contributed by atoms with Crippen molar-refractivity contribution in [1.29, 1.82) is 0 Å². The first-order valence-corrected chi connectivity index (χ1v) is 11.8. The molecule has 0 bridgehead atoms. The number of alkyl halides is 2. The SMILES string of the molecule is C=Cc1c(NS(=O)(=O)c2ccc(C(C)(F)F)cc2)cc(Sc2ccccc2)c(N)c1C=C. The number of halogens is 2. The first-order chi connectivity index (χ1) is 15.1. The molecule has 8 heteroatoms. The van der Waals surface area contributed by atoms with Gasteiger partial charge in [0, 0.05) is 33.4 Å². The molecule has 0 aliphatic rings. The predicted octanol–water partition coefficient (Wildman–Crippen LogP) is 6.62. The molecule has 0 aliphatic carbocycles. The third kappa shape index (κ3) is 5.03. The highest BCUT2D eigenvalue weighted by atomic mass is 32.2. The van der Waals surface area contributed by atoms with Gasteiger partial charge >= 0.3 is 0 Å². The van der Waals surface area contributed by atoms with Gasteiger partial charge in [-0.1, -0.05) is 67.4 Å². The van der Waals surface area contributed by atoms with E-state index in [9.17, 15) is 17.2 Å². The number of nitrogens with two attached hydrogens (primary N) is 1. The van der Waals surface area contributed by atoms with E-state index >= 15 is 0 Å². The molecule has 0 aromatic heterocycles. The molecule has 0 radical (unpaired) electrons. The van der Waals surface area contributed by atoms with E-state index in [-0.39, 0.29) is 16.1 Å². The predicted molar refractivity (Wildman–Crippen MR) is 128 cm³/mol. The van der Waals surface area contributed by atoms with Gasteiger partial charge in [0.2, 0.25) is 0 Å². The molecule has 0 unspecified atom stereocenters. The number of rotatable bonds is 8. The zero-order valence-electron chi connectivity index (χ0n) is 17.3. The lowest BCUT2D eigenvalue weighted by molar-refractivity contribution is 0.0174. The van der Waals surface area contributed by atoms with Crippen molar-refractivity contribution in [2.75, 3.05) is 10.5 Å². The van der Waals surface area contributed by atoms with E-state index in [1.807, 2.05) is 30.3 Å². The molecule has 3 aromatic carbocycles. The normalized spacial score (nSPS) is 11.7. The fourth-order valence-electron chi connectivity index (χ4n) is 3.06. The Kier molecular flexibility index (Phi) is 6.76. The summed E-state index contributed by atoms with van der Waals surface area (Å²) >= 11 is 1.38. The minimum atomic E-state index is -4.06. The van der Waals surface area contributed by atoms with Crippen molar-refractivity contribution >= 4 is 45.3 Å². The second-order valence-corrected chi connectivity index (χ2v) is 9.80. The Morgan fingerprint density at radius 3 is 2.12 bits per heavy atom. The third-order valence-electron chi connectivity index (χ3n) is 4.71. The number of sulfonamides is 1. The van der Waals surface area contributed by atoms with Crippen molar-refractivity contribution in [3.63, 3.8) is 0 Å². The van der Waals surface area contributed by atoms with E-state index in [1.165, 1.54) is 23.9 Å². The van der Waals surface area contributed by atoms with E-state index in [2.05, 4.69) is 17.9 Å². The fourth-order valence-corrected chi connectivity index (χ4v) is 5.08. The van der Waals surface area contributed by atoms with Crippen molar-refractivity contribution in [1.82, 2.24) is 0 Å². The summed E-state index contributed by atoms with van der Waals surface area (Å²) in [6, 6.07) is 15.6. The summed E-state index contributed by atoms with van der Waals surface area (Å²) in [7, 11) is -4.06. The number of nitrogens with one attached hydrogen (secondary N) is 1. The van der Waals surface area contributed by atoms with Crippen molar-refractivity contribution in [2.24, 2.45) is 0 Å². The first kappa shape index (κ1) is 23.6. The highest BCUT2D eigenvalue weighted by Gasteiger charge is 2.25. The van der Waals surface area contributed by atoms with Gasteiger partial charge in [0.1, 0.15) is 0 Å². The van der Waals surface area contributed by atoms with Gasteiger partial charge in [-0.15, -0.1) is 0 Å². The van der Waals surface area contributed by atoms with Gasteiger partial charge in [-0.25, -0.2) is 17.2 Å². The minimum Gasteiger partial charge on any atom is -0.397 e. The Hall–Kier alpha value is -3.10. The van der Waals surface area contributed by atoms with Crippen LogP contribution < -0.4 is 10.5 Å². The monoisotopic (exact) mass is 472 g/mol. The number of benzene rings is 3. The van der Waals surface area contributed by atoms with E-state index in [1.54, 1.807) is 6.07 Å². The standard InChI is InChI=1S/C24H22F2N2O2S2/c1-4-19-20(5-2)23(27)22(31-17-9-7-6-8-10-17)15-21(19)28-32(29,30)18-13-11-16(12-14-18)24(3,25)26/h4-15,28H,1-2,27H2,3H3. The molecule has 166 valence electrons. The molecule has 32 heavy (non-hydrogen) atoms. The van der Waals surface area contributed by atoms with Gasteiger partial charge in [0.25, 0.3) is 15.9 Å².